The summed E-state index contributed by atoms with van der Waals surface area (Å²) in [7, 11) is 0. The van der Waals surface area contributed by atoms with Crippen molar-refractivity contribution in [3.63, 3.8) is 0 Å². The average molecular weight is 266 g/mol. The molecule has 3 fully saturated rings. The van der Waals surface area contributed by atoms with Gasteiger partial charge in [-0.15, -0.1) is 0 Å². The fourth-order valence-corrected chi connectivity index (χ4v) is 5.03. The second kappa shape index (κ2) is 5.37. The van der Waals surface area contributed by atoms with Gasteiger partial charge in [0.1, 0.15) is 0 Å². The van der Waals surface area contributed by atoms with Gasteiger partial charge in [0.2, 0.25) is 0 Å². The van der Waals surface area contributed by atoms with Gasteiger partial charge in [0.15, 0.2) is 6.29 Å². The molecule has 19 heavy (non-hydrogen) atoms. The van der Waals surface area contributed by atoms with Crippen molar-refractivity contribution in [3.8, 4) is 0 Å². The molecule has 0 aromatic heterocycles. The molecule has 0 amide bonds. The van der Waals surface area contributed by atoms with Crippen LogP contribution in [0.15, 0.2) is 0 Å². The third-order valence-electron chi connectivity index (χ3n) is 6.24. The highest BCUT2D eigenvalue weighted by molar-refractivity contribution is 4.96. The van der Waals surface area contributed by atoms with Gasteiger partial charge in [-0.2, -0.15) is 0 Å². The molecule has 0 N–H and O–H groups in total. The van der Waals surface area contributed by atoms with Crippen molar-refractivity contribution in [3.05, 3.63) is 0 Å². The lowest BCUT2D eigenvalue weighted by molar-refractivity contribution is -0.277. The van der Waals surface area contributed by atoms with Crippen LogP contribution in [0.1, 0.15) is 59.8 Å². The summed E-state index contributed by atoms with van der Waals surface area (Å²) in [5, 5.41) is 0. The quantitative estimate of drug-likeness (QED) is 0.707. The summed E-state index contributed by atoms with van der Waals surface area (Å²) in [5.41, 5.74) is 0. The van der Waals surface area contributed by atoms with E-state index in [4.69, 9.17) is 9.47 Å². The molecule has 3 rings (SSSR count). The fourth-order valence-electron chi connectivity index (χ4n) is 5.03. The number of hydrogen-bond acceptors (Lipinski definition) is 2. The Hall–Kier alpha value is -0.0800. The Morgan fingerprint density at radius 2 is 1.63 bits per heavy atom. The normalized spacial score (nSPS) is 54.3. The van der Waals surface area contributed by atoms with E-state index >= 15 is 0 Å². The molecule has 0 bridgehead atoms. The van der Waals surface area contributed by atoms with Crippen LogP contribution in [0.25, 0.3) is 0 Å². The van der Waals surface area contributed by atoms with E-state index in [1.165, 1.54) is 25.7 Å². The molecule has 2 nitrogen and oxygen atoms in total. The van der Waals surface area contributed by atoms with E-state index in [-0.39, 0.29) is 6.29 Å². The minimum Gasteiger partial charge on any atom is -0.349 e. The van der Waals surface area contributed by atoms with Gasteiger partial charge >= 0.3 is 0 Å². The summed E-state index contributed by atoms with van der Waals surface area (Å²) in [5.74, 6) is 3.88. The van der Waals surface area contributed by atoms with Crippen LogP contribution in [0.2, 0.25) is 0 Å². The van der Waals surface area contributed by atoms with Gasteiger partial charge in [0, 0.05) is 5.92 Å². The summed E-state index contributed by atoms with van der Waals surface area (Å²) < 4.78 is 12.6. The Bertz CT molecular complexity index is 316. The molecule has 1 aliphatic carbocycles. The first-order valence-corrected chi connectivity index (χ1v) is 8.42. The second-order valence-corrected chi connectivity index (χ2v) is 7.29. The topological polar surface area (TPSA) is 18.5 Å². The molecule has 2 heteroatoms. The van der Waals surface area contributed by atoms with Crippen LogP contribution in [-0.2, 0) is 9.47 Å². The summed E-state index contributed by atoms with van der Waals surface area (Å²) in [6.45, 7) is 9.34. The van der Waals surface area contributed by atoms with E-state index < -0.39 is 0 Å². The van der Waals surface area contributed by atoms with Gasteiger partial charge in [-0.3, -0.25) is 0 Å². The van der Waals surface area contributed by atoms with Crippen LogP contribution >= 0.6 is 0 Å². The molecule has 0 aromatic rings. The van der Waals surface area contributed by atoms with Crippen LogP contribution in [-0.4, -0.2) is 18.5 Å². The first kappa shape index (κ1) is 13.9. The molecular weight excluding hydrogens is 236 g/mol. The van der Waals surface area contributed by atoms with Gasteiger partial charge in [0.05, 0.1) is 12.2 Å². The Kier molecular flexibility index (Phi) is 3.92. The summed E-state index contributed by atoms with van der Waals surface area (Å²) in [6, 6.07) is 0. The van der Waals surface area contributed by atoms with Gasteiger partial charge in [0.25, 0.3) is 0 Å². The predicted molar refractivity (Wildman–Crippen MR) is 76.8 cm³/mol. The maximum atomic E-state index is 6.36. The summed E-state index contributed by atoms with van der Waals surface area (Å²) in [4.78, 5) is 0. The summed E-state index contributed by atoms with van der Waals surface area (Å²) >= 11 is 0. The maximum Gasteiger partial charge on any atom is 0.161 e. The van der Waals surface area contributed by atoms with E-state index in [1.807, 2.05) is 0 Å². The summed E-state index contributed by atoms with van der Waals surface area (Å²) in [6.07, 6.45) is 7.33. The van der Waals surface area contributed by atoms with E-state index in [0.29, 0.717) is 24.0 Å². The van der Waals surface area contributed by atoms with E-state index in [2.05, 4.69) is 27.7 Å². The van der Waals surface area contributed by atoms with E-state index in [0.717, 1.165) is 24.2 Å². The zero-order valence-electron chi connectivity index (χ0n) is 13.0. The molecule has 3 aliphatic rings. The lowest BCUT2D eigenvalue weighted by Crippen LogP contribution is -2.52. The Balaban J connectivity index is 1.89. The van der Waals surface area contributed by atoms with Crippen LogP contribution in [0.4, 0.5) is 0 Å². The van der Waals surface area contributed by atoms with Gasteiger partial charge in [-0.1, -0.05) is 27.2 Å². The highest BCUT2D eigenvalue weighted by atomic mass is 16.7. The largest absolute Gasteiger partial charge is 0.349 e. The maximum absolute atomic E-state index is 6.36. The number of rotatable bonds is 1. The van der Waals surface area contributed by atoms with E-state index in [9.17, 15) is 0 Å². The van der Waals surface area contributed by atoms with Crippen molar-refractivity contribution < 1.29 is 9.47 Å². The Morgan fingerprint density at radius 3 is 2.37 bits per heavy atom. The molecule has 2 aliphatic heterocycles. The van der Waals surface area contributed by atoms with Crippen LogP contribution in [0, 0.1) is 29.6 Å². The van der Waals surface area contributed by atoms with Crippen LogP contribution < -0.4 is 0 Å². The molecule has 8 atom stereocenters. The molecule has 0 spiro atoms. The zero-order valence-corrected chi connectivity index (χ0v) is 13.0. The molecule has 1 saturated carbocycles. The standard InChI is InChI=1S/C17H30O2/c1-5-15-12(4)14-8-6-10(2)13-9-7-11(3)18-17(19-15)16(13)14/h10-17H,5-9H2,1-4H3/t10-,11+,12-,13?,14?,15-,16?,17+/m1/s1. The Morgan fingerprint density at radius 1 is 0.895 bits per heavy atom. The molecule has 2 saturated heterocycles. The molecule has 0 aromatic carbocycles. The highest BCUT2D eigenvalue weighted by Crippen LogP contribution is 2.52. The first-order chi connectivity index (χ1) is 9.11. The smallest absolute Gasteiger partial charge is 0.161 e. The second-order valence-electron chi connectivity index (χ2n) is 7.29. The number of ether oxygens (including phenoxy) is 2. The van der Waals surface area contributed by atoms with Crippen LogP contribution in [0.3, 0.4) is 0 Å². The van der Waals surface area contributed by atoms with Crippen LogP contribution in [0.5, 0.6) is 0 Å². The minimum absolute atomic E-state index is 0.0800. The number of hydrogen-bond donors (Lipinski definition) is 0. The first-order valence-electron chi connectivity index (χ1n) is 8.42. The van der Waals surface area contributed by atoms with Crippen molar-refractivity contribution in [2.24, 2.45) is 29.6 Å². The fraction of sp³-hybridized carbons (Fsp3) is 1.00. The van der Waals surface area contributed by atoms with Crippen molar-refractivity contribution in [2.45, 2.75) is 78.3 Å². The molecule has 3 unspecified atom stereocenters. The molecular formula is C17H30O2. The highest BCUT2D eigenvalue weighted by Gasteiger charge is 2.51. The third kappa shape index (κ3) is 2.35. The monoisotopic (exact) mass is 266 g/mol. The Labute approximate surface area is 118 Å². The van der Waals surface area contributed by atoms with Crippen molar-refractivity contribution >= 4 is 0 Å². The minimum atomic E-state index is 0.0800. The zero-order chi connectivity index (χ0) is 13.6. The van der Waals surface area contributed by atoms with Crippen molar-refractivity contribution in [2.75, 3.05) is 0 Å². The predicted octanol–water partition coefficient (Wildman–Crippen LogP) is 4.23. The van der Waals surface area contributed by atoms with Crippen molar-refractivity contribution in [1.82, 2.24) is 0 Å². The molecule has 110 valence electrons. The molecule has 2 heterocycles. The molecule has 0 radical (unpaired) electrons. The van der Waals surface area contributed by atoms with Gasteiger partial charge < -0.3 is 9.47 Å². The van der Waals surface area contributed by atoms with Gasteiger partial charge in [-0.05, 0) is 56.3 Å². The lowest BCUT2D eigenvalue weighted by Gasteiger charge is -2.52. The SMILES string of the molecule is CC[C@H]1O[C@@H]2O[C@@H](C)CCC3C2C(CC[C@H]3C)[C@H]1C. The van der Waals surface area contributed by atoms with Crippen molar-refractivity contribution in [1.29, 1.82) is 0 Å². The third-order valence-corrected chi connectivity index (χ3v) is 6.24. The average Bonchev–Trinajstić information content (AvgIpc) is 2.56. The van der Waals surface area contributed by atoms with E-state index in [1.54, 1.807) is 0 Å². The van der Waals surface area contributed by atoms with Gasteiger partial charge in [-0.25, -0.2) is 0 Å². The lowest BCUT2D eigenvalue weighted by atomic mass is 9.60.